The monoisotopic (exact) mass is 339 g/mol. The Hall–Kier alpha value is -2.66. The van der Waals surface area contributed by atoms with Gasteiger partial charge in [0, 0.05) is 18.4 Å². The van der Waals surface area contributed by atoms with E-state index in [1.807, 2.05) is 42.5 Å². The van der Waals surface area contributed by atoms with Crippen LogP contribution >= 0.6 is 0 Å². The Bertz CT molecular complexity index is 993. The molecule has 4 nitrogen and oxygen atoms in total. The minimum absolute atomic E-state index is 0.202. The van der Waals surface area contributed by atoms with Gasteiger partial charge in [-0.2, -0.15) is 0 Å². The lowest BCUT2D eigenvalue weighted by molar-refractivity contribution is 0.0951. The average molecular weight is 339 g/mol. The van der Waals surface area contributed by atoms with Gasteiger partial charge in [0.2, 0.25) is 0 Å². The molecule has 0 aliphatic heterocycles. The van der Waals surface area contributed by atoms with E-state index in [9.17, 15) is 13.2 Å². The Balaban J connectivity index is 1.70. The van der Waals surface area contributed by atoms with E-state index in [0.717, 1.165) is 22.6 Å². The van der Waals surface area contributed by atoms with Crippen molar-refractivity contribution in [3.63, 3.8) is 0 Å². The van der Waals surface area contributed by atoms with Crippen LogP contribution in [0, 0.1) is 0 Å². The van der Waals surface area contributed by atoms with Crippen LogP contribution in [0.3, 0.4) is 0 Å². The number of fused-ring (bicyclic) bond motifs is 1. The Labute approximate surface area is 141 Å². The third-order valence-corrected chi connectivity index (χ3v) is 4.94. The van der Waals surface area contributed by atoms with E-state index in [2.05, 4.69) is 5.32 Å². The highest BCUT2D eigenvalue weighted by Crippen LogP contribution is 2.16. The molecule has 0 fully saturated rings. The zero-order valence-corrected chi connectivity index (χ0v) is 14.0. The van der Waals surface area contributed by atoms with Crippen molar-refractivity contribution >= 4 is 26.5 Å². The van der Waals surface area contributed by atoms with Crippen LogP contribution in [-0.2, 0) is 16.4 Å². The predicted molar refractivity (Wildman–Crippen MR) is 94.7 cm³/mol. The van der Waals surface area contributed by atoms with E-state index < -0.39 is 9.84 Å². The number of carbonyl (C=O) groups is 1. The summed E-state index contributed by atoms with van der Waals surface area (Å²) >= 11 is 0. The van der Waals surface area contributed by atoms with Gasteiger partial charge in [0.25, 0.3) is 5.91 Å². The molecular formula is C19H17NO3S. The number of rotatable bonds is 4. The first-order chi connectivity index (χ1) is 11.4. The van der Waals surface area contributed by atoms with E-state index in [0.29, 0.717) is 12.1 Å². The third-order valence-electron chi connectivity index (χ3n) is 3.81. The van der Waals surface area contributed by atoms with Crippen LogP contribution in [0.25, 0.3) is 10.8 Å². The van der Waals surface area contributed by atoms with Crippen LogP contribution in [0.5, 0.6) is 0 Å². The minimum atomic E-state index is -3.25. The lowest BCUT2D eigenvalue weighted by atomic mass is 10.1. The summed E-state index contributed by atoms with van der Waals surface area (Å²) in [6.07, 6.45) is 1.14. The van der Waals surface area contributed by atoms with Gasteiger partial charge in [0.1, 0.15) is 0 Å². The van der Waals surface area contributed by atoms with Gasteiger partial charge in [0.15, 0.2) is 9.84 Å². The second-order valence-electron chi connectivity index (χ2n) is 5.66. The molecule has 0 bridgehead atoms. The Morgan fingerprint density at radius 2 is 1.58 bits per heavy atom. The van der Waals surface area contributed by atoms with Gasteiger partial charge >= 0.3 is 0 Å². The summed E-state index contributed by atoms with van der Waals surface area (Å²) in [5.74, 6) is -0.233. The molecule has 24 heavy (non-hydrogen) atoms. The van der Waals surface area contributed by atoms with Crippen LogP contribution in [0.2, 0.25) is 0 Å². The Morgan fingerprint density at radius 3 is 2.25 bits per heavy atom. The van der Waals surface area contributed by atoms with E-state index in [1.54, 1.807) is 0 Å². The molecule has 1 amide bonds. The number of hydrogen-bond acceptors (Lipinski definition) is 3. The molecule has 3 aromatic rings. The van der Waals surface area contributed by atoms with Crippen molar-refractivity contribution in [2.24, 2.45) is 0 Å². The summed E-state index contributed by atoms with van der Waals surface area (Å²) in [4.78, 5) is 12.4. The topological polar surface area (TPSA) is 63.2 Å². The normalized spacial score (nSPS) is 11.4. The van der Waals surface area contributed by atoms with Gasteiger partial charge < -0.3 is 5.32 Å². The third kappa shape index (κ3) is 3.63. The summed E-state index contributed by atoms with van der Waals surface area (Å²) in [7, 11) is -3.25. The maximum absolute atomic E-state index is 12.2. The average Bonchev–Trinajstić information content (AvgIpc) is 2.59. The molecule has 1 N–H and O–H groups in total. The van der Waals surface area contributed by atoms with Crippen LogP contribution in [0.15, 0.2) is 71.6 Å². The van der Waals surface area contributed by atoms with E-state index >= 15 is 0 Å². The van der Waals surface area contributed by atoms with Crippen molar-refractivity contribution in [3.8, 4) is 0 Å². The first kappa shape index (κ1) is 16.2. The van der Waals surface area contributed by atoms with Crippen molar-refractivity contribution in [3.05, 3.63) is 77.9 Å². The van der Waals surface area contributed by atoms with E-state index in [4.69, 9.17) is 0 Å². The largest absolute Gasteiger partial charge is 0.348 e. The van der Waals surface area contributed by atoms with Crippen molar-refractivity contribution in [2.75, 3.05) is 6.26 Å². The summed E-state index contributed by atoms with van der Waals surface area (Å²) in [5, 5.41) is 5.13. The molecule has 0 unspecified atom stereocenters. The zero-order valence-electron chi connectivity index (χ0n) is 13.2. The molecule has 0 heterocycles. The summed E-state index contributed by atoms with van der Waals surface area (Å²) in [5.41, 5.74) is 1.44. The quantitative estimate of drug-likeness (QED) is 0.794. The fourth-order valence-corrected chi connectivity index (χ4v) is 3.12. The molecule has 0 aromatic heterocycles. The summed E-state index contributed by atoms with van der Waals surface area (Å²) in [6, 6.07) is 20.0. The smallest absolute Gasteiger partial charge is 0.251 e. The van der Waals surface area contributed by atoms with E-state index in [1.165, 1.54) is 24.3 Å². The molecule has 0 aliphatic rings. The summed E-state index contributed by atoms with van der Waals surface area (Å²) in [6.45, 7) is 0.414. The molecule has 0 saturated heterocycles. The lowest BCUT2D eigenvalue weighted by Gasteiger charge is -2.07. The van der Waals surface area contributed by atoms with Crippen LogP contribution < -0.4 is 5.32 Å². The van der Waals surface area contributed by atoms with Gasteiger partial charge in [0.05, 0.1) is 4.90 Å². The van der Waals surface area contributed by atoms with Crippen molar-refractivity contribution in [1.29, 1.82) is 0 Å². The molecule has 0 saturated carbocycles. The number of sulfone groups is 1. The molecule has 0 spiro atoms. The highest BCUT2D eigenvalue weighted by Gasteiger charge is 2.09. The minimum Gasteiger partial charge on any atom is -0.348 e. The molecule has 122 valence electrons. The number of carbonyl (C=O) groups excluding carboxylic acids is 1. The number of nitrogens with one attached hydrogen (secondary N) is 1. The van der Waals surface area contributed by atoms with Crippen molar-refractivity contribution < 1.29 is 13.2 Å². The standard InChI is InChI=1S/C19H17NO3S/c1-24(22,23)18-10-8-16(9-11-18)19(21)20-13-14-6-7-15-4-2-3-5-17(15)12-14/h2-12H,13H2,1H3,(H,20,21). The van der Waals surface area contributed by atoms with Crippen LogP contribution in [-0.4, -0.2) is 20.6 Å². The lowest BCUT2D eigenvalue weighted by Crippen LogP contribution is -2.22. The van der Waals surface area contributed by atoms with E-state index in [-0.39, 0.29) is 10.8 Å². The highest BCUT2D eigenvalue weighted by atomic mass is 32.2. The molecule has 0 aliphatic carbocycles. The van der Waals surface area contributed by atoms with Gasteiger partial charge in [-0.25, -0.2) is 8.42 Å². The predicted octanol–water partition coefficient (Wildman–Crippen LogP) is 3.17. The Morgan fingerprint density at radius 1 is 0.917 bits per heavy atom. The van der Waals surface area contributed by atoms with Crippen molar-refractivity contribution in [1.82, 2.24) is 5.32 Å². The number of amides is 1. The molecule has 3 aromatic carbocycles. The van der Waals surface area contributed by atoms with Gasteiger partial charge in [-0.3, -0.25) is 4.79 Å². The van der Waals surface area contributed by atoms with Gasteiger partial charge in [-0.15, -0.1) is 0 Å². The Kier molecular flexibility index (Phi) is 4.36. The second kappa shape index (κ2) is 6.45. The number of hydrogen-bond donors (Lipinski definition) is 1. The maximum Gasteiger partial charge on any atom is 0.251 e. The van der Waals surface area contributed by atoms with Gasteiger partial charge in [-0.05, 0) is 46.7 Å². The maximum atomic E-state index is 12.2. The SMILES string of the molecule is CS(=O)(=O)c1ccc(C(=O)NCc2ccc3ccccc3c2)cc1. The second-order valence-corrected chi connectivity index (χ2v) is 7.68. The van der Waals surface area contributed by atoms with Crippen molar-refractivity contribution in [2.45, 2.75) is 11.4 Å². The number of benzene rings is 3. The highest BCUT2D eigenvalue weighted by molar-refractivity contribution is 7.90. The fourth-order valence-electron chi connectivity index (χ4n) is 2.49. The fraction of sp³-hybridized carbons (Fsp3) is 0.105. The molecule has 0 radical (unpaired) electrons. The zero-order chi connectivity index (χ0) is 17.2. The molecular weight excluding hydrogens is 322 g/mol. The van der Waals surface area contributed by atoms with Crippen LogP contribution in [0.1, 0.15) is 15.9 Å². The van der Waals surface area contributed by atoms with Gasteiger partial charge in [-0.1, -0.05) is 36.4 Å². The first-order valence-electron chi connectivity index (χ1n) is 7.49. The van der Waals surface area contributed by atoms with Crippen LogP contribution in [0.4, 0.5) is 0 Å². The molecule has 3 rings (SSSR count). The molecule has 0 atom stereocenters. The summed E-state index contributed by atoms with van der Waals surface area (Å²) < 4.78 is 22.9. The molecule has 5 heteroatoms. The first-order valence-corrected chi connectivity index (χ1v) is 9.39.